The van der Waals surface area contributed by atoms with Crippen LogP contribution in [0.15, 0.2) is 63.0 Å². The minimum Gasteiger partial charge on any atom is -0.490 e. The van der Waals surface area contributed by atoms with Gasteiger partial charge in [0, 0.05) is 15.7 Å². The number of carbonyl (C=O) groups excluding carboxylic acids is 1. The number of nitrogens with one attached hydrogen (secondary N) is 1. The number of halogens is 1. The van der Waals surface area contributed by atoms with E-state index in [1.165, 1.54) is 16.8 Å². The Bertz CT molecular complexity index is 1210. The number of aliphatic imine (C=N–C) groups is 1. The Hall–Kier alpha value is -2.75. The molecule has 182 valence electrons. The molecule has 2 heterocycles. The SMILES string of the molecule is CCCC1=NN2C(=N)/C(=C/c3ccc(OCCSc4ccc(Cl)cc4)c(OCC)c3)C(=O)N=C2S1. The molecule has 2 aromatic rings. The fraction of sp³-hybridized carbons (Fsp3) is 0.280. The van der Waals surface area contributed by atoms with Gasteiger partial charge in [-0.05, 0) is 79.6 Å². The average Bonchev–Trinajstić information content (AvgIpc) is 3.24. The number of benzene rings is 2. The lowest BCUT2D eigenvalue weighted by molar-refractivity contribution is -0.114. The standard InChI is InChI=1S/C25H25ClN4O3S2/c1-3-5-22-29-30-23(27)19(24(31)28-25(30)35-22)14-16-6-11-20(21(15-16)32-4-2)33-12-13-34-18-9-7-17(26)8-10-18/h6-11,14-15,27H,3-5,12-13H2,1-2H3/b19-14-,27-23?. The first-order chi connectivity index (χ1) is 17.0. The Morgan fingerprint density at radius 1 is 1.14 bits per heavy atom. The van der Waals surface area contributed by atoms with Gasteiger partial charge in [-0.2, -0.15) is 15.1 Å². The second-order valence-corrected chi connectivity index (χ2v) is 10.2. The first kappa shape index (κ1) is 25.3. The van der Waals surface area contributed by atoms with E-state index in [9.17, 15) is 4.79 Å². The van der Waals surface area contributed by atoms with Gasteiger partial charge in [0.25, 0.3) is 5.91 Å². The van der Waals surface area contributed by atoms with Crippen molar-refractivity contribution in [2.45, 2.75) is 31.6 Å². The normalized spacial score (nSPS) is 16.3. The van der Waals surface area contributed by atoms with Crippen molar-refractivity contribution in [3.8, 4) is 11.5 Å². The smallest absolute Gasteiger partial charge is 0.283 e. The largest absolute Gasteiger partial charge is 0.490 e. The Labute approximate surface area is 218 Å². The lowest BCUT2D eigenvalue weighted by Gasteiger charge is -2.20. The maximum absolute atomic E-state index is 12.7. The van der Waals surface area contributed by atoms with Gasteiger partial charge in [-0.3, -0.25) is 10.2 Å². The molecule has 35 heavy (non-hydrogen) atoms. The predicted octanol–water partition coefficient (Wildman–Crippen LogP) is 6.33. The van der Waals surface area contributed by atoms with Crippen LogP contribution in [-0.4, -0.2) is 45.9 Å². The highest BCUT2D eigenvalue weighted by atomic mass is 35.5. The molecule has 0 bridgehead atoms. The molecule has 0 spiro atoms. The van der Waals surface area contributed by atoms with Crippen LogP contribution in [0.25, 0.3) is 6.08 Å². The molecule has 0 saturated heterocycles. The van der Waals surface area contributed by atoms with Crippen molar-refractivity contribution in [1.82, 2.24) is 5.01 Å². The summed E-state index contributed by atoms with van der Waals surface area (Å²) in [4.78, 5) is 17.9. The van der Waals surface area contributed by atoms with Crippen LogP contribution in [-0.2, 0) is 4.79 Å². The zero-order chi connectivity index (χ0) is 24.8. The third kappa shape index (κ3) is 6.28. The molecular weight excluding hydrogens is 504 g/mol. The second-order valence-electron chi connectivity index (χ2n) is 7.55. The molecule has 0 saturated carbocycles. The molecule has 1 amide bonds. The highest BCUT2D eigenvalue weighted by Gasteiger charge is 2.35. The number of thioether (sulfide) groups is 2. The van der Waals surface area contributed by atoms with Crippen LogP contribution in [0.4, 0.5) is 0 Å². The predicted molar refractivity (Wildman–Crippen MR) is 145 cm³/mol. The van der Waals surface area contributed by atoms with Crippen LogP contribution in [0.5, 0.6) is 11.5 Å². The Kier molecular flexibility index (Phi) is 8.54. The molecule has 7 nitrogen and oxygen atoms in total. The van der Waals surface area contributed by atoms with E-state index in [-0.39, 0.29) is 11.4 Å². The molecule has 2 aliphatic rings. The number of nitrogens with zero attached hydrogens (tertiary/aromatic N) is 3. The number of amidine groups is 2. The number of amides is 1. The average molecular weight is 529 g/mol. The summed E-state index contributed by atoms with van der Waals surface area (Å²) in [5, 5.41) is 16.4. The van der Waals surface area contributed by atoms with E-state index in [0.717, 1.165) is 28.5 Å². The second kappa shape index (κ2) is 11.8. The van der Waals surface area contributed by atoms with Gasteiger partial charge in [-0.25, -0.2) is 0 Å². The van der Waals surface area contributed by atoms with E-state index >= 15 is 0 Å². The lowest BCUT2D eigenvalue weighted by atomic mass is 10.1. The van der Waals surface area contributed by atoms with E-state index in [1.807, 2.05) is 49.4 Å². The van der Waals surface area contributed by atoms with Gasteiger partial charge in [0.15, 0.2) is 17.3 Å². The van der Waals surface area contributed by atoms with Crippen LogP contribution in [0, 0.1) is 5.41 Å². The fourth-order valence-corrected chi connectivity index (χ4v) is 5.20. The molecule has 2 aromatic carbocycles. The molecule has 4 rings (SSSR count). The van der Waals surface area contributed by atoms with Gasteiger partial charge < -0.3 is 9.47 Å². The third-order valence-corrected chi connectivity index (χ3v) is 7.16. The number of hydrazone groups is 1. The first-order valence-electron chi connectivity index (χ1n) is 11.3. The van der Waals surface area contributed by atoms with Crippen molar-refractivity contribution in [3.63, 3.8) is 0 Å². The lowest BCUT2D eigenvalue weighted by Crippen LogP contribution is -2.35. The van der Waals surface area contributed by atoms with Gasteiger partial charge in [-0.15, -0.1) is 11.8 Å². The van der Waals surface area contributed by atoms with Crippen LogP contribution in [0.1, 0.15) is 32.3 Å². The van der Waals surface area contributed by atoms with Crippen molar-refractivity contribution < 1.29 is 14.3 Å². The molecule has 0 unspecified atom stereocenters. The zero-order valence-corrected chi connectivity index (χ0v) is 21.8. The molecule has 0 aliphatic carbocycles. The van der Waals surface area contributed by atoms with Crippen molar-refractivity contribution in [2.24, 2.45) is 10.1 Å². The summed E-state index contributed by atoms with van der Waals surface area (Å²) in [5.74, 6) is 1.55. The molecule has 0 radical (unpaired) electrons. The van der Waals surface area contributed by atoms with E-state index in [0.29, 0.717) is 40.5 Å². The van der Waals surface area contributed by atoms with Crippen LogP contribution in [0.3, 0.4) is 0 Å². The molecule has 0 atom stereocenters. The highest BCUT2D eigenvalue weighted by Crippen LogP contribution is 2.32. The number of rotatable bonds is 10. The summed E-state index contributed by atoms with van der Waals surface area (Å²) in [6, 6.07) is 13.2. The van der Waals surface area contributed by atoms with Gasteiger partial charge in [0.1, 0.15) is 5.04 Å². The van der Waals surface area contributed by atoms with Gasteiger partial charge >= 0.3 is 0 Å². The summed E-state index contributed by atoms with van der Waals surface area (Å²) in [5.41, 5.74) is 0.902. The van der Waals surface area contributed by atoms with Crippen LogP contribution < -0.4 is 9.47 Å². The maximum Gasteiger partial charge on any atom is 0.283 e. The van der Waals surface area contributed by atoms with Crippen LogP contribution >= 0.6 is 35.1 Å². The topological polar surface area (TPSA) is 87.3 Å². The van der Waals surface area contributed by atoms with Gasteiger partial charge in [0.05, 0.1) is 18.8 Å². The van der Waals surface area contributed by atoms with Gasteiger partial charge in [-0.1, -0.05) is 24.6 Å². The van der Waals surface area contributed by atoms with Crippen molar-refractivity contribution in [1.29, 1.82) is 5.41 Å². The van der Waals surface area contributed by atoms with E-state index < -0.39 is 5.91 Å². The number of hydrogen-bond donors (Lipinski definition) is 1. The van der Waals surface area contributed by atoms with Crippen molar-refractivity contribution >= 4 is 63.2 Å². The molecule has 0 fully saturated rings. The molecule has 2 aliphatic heterocycles. The first-order valence-corrected chi connectivity index (χ1v) is 13.4. The van der Waals surface area contributed by atoms with Crippen molar-refractivity contribution in [2.75, 3.05) is 19.0 Å². The Balaban J connectivity index is 1.45. The van der Waals surface area contributed by atoms with Crippen LogP contribution in [0.2, 0.25) is 5.02 Å². The zero-order valence-electron chi connectivity index (χ0n) is 19.4. The summed E-state index contributed by atoms with van der Waals surface area (Å²) >= 11 is 8.96. The number of fused-ring (bicyclic) bond motifs is 1. The number of hydrogen-bond acceptors (Lipinski definition) is 7. The summed E-state index contributed by atoms with van der Waals surface area (Å²) < 4.78 is 11.7. The van der Waals surface area contributed by atoms with E-state index in [4.69, 9.17) is 26.5 Å². The summed E-state index contributed by atoms with van der Waals surface area (Å²) in [6.45, 7) is 4.93. The maximum atomic E-state index is 12.7. The minimum atomic E-state index is -0.445. The quantitative estimate of drug-likeness (QED) is 0.220. The Morgan fingerprint density at radius 3 is 2.69 bits per heavy atom. The highest BCUT2D eigenvalue weighted by molar-refractivity contribution is 8.26. The number of carbonyl (C=O) groups is 1. The fourth-order valence-electron chi connectivity index (χ4n) is 3.36. The van der Waals surface area contributed by atoms with Crippen molar-refractivity contribution in [3.05, 3.63) is 58.6 Å². The summed E-state index contributed by atoms with van der Waals surface area (Å²) in [6.07, 6.45) is 3.37. The molecule has 0 aromatic heterocycles. The van der Waals surface area contributed by atoms with E-state index in [1.54, 1.807) is 17.8 Å². The Morgan fingerprint density at radius 2 is 1.94 bits per heavy atom. The summed E-state index contributed by atoms with van der Waals surface area (Å²) in [7, 11) is 0. The molecular formula is C25H25ClN4O3S2. The van der Waals surface area contributed by atoms with Gasteiger partial charge in [0.2, 0.25) is 5.17 Å². The van der Waals surface area contributed by atoms with E-state index in [2.05, 4.69) is 17.0 Å². The number of ether oxygens (including phenoxy) is 2. The monoisotopic (exact) mass is 528 g/mol. The third-order valence-electron chi connectivity index (χ3n) is 4.96. The molecule has 10 heteroatoms. The minimum absolute atomic E-state index is 0.0242. The molecule has 1 N–H and O–H groups in total.